The molecule has 0 saturated carbocycles. The summed E-state index contributed by atoms with van der Waals surface area (Å²) in [6, 6.07) is 16.7. The van der Waals surface area contributed by atoms with Gasteiger partial charge in [-0.2, -0.15) is 0 Å². The van der Waals surface area contributed by atoms with Crippen LogP contribution in [-0.4, -0.2) is 19.8 Å². The van der Waals surface area contributed by atoms with E-state index in [4.69, 9.17) is 15.2 Å². The third-order valence-corrected chi connectivity index (χ3v) is 3.44. The highest BCUT2D eigenvalue weighted by Crippen LogP contribution is 2.24. The number of rotatable bonds is 7. The van der Waals surface area contributed by atoms with Crippen LogP contribution in [0.5, 0.6) is 0 Å². The third kappa shape index (κ3) is 4.39. The second kappa shape index (κ2) is 7.93. The third-order valence-electron chi connectivity index (χ3n) is 3.44. The first-order valence-electron chi connectivity index (χ1n) is 7.22. The molecule has 0 aliphatic rings. The van der Waals surface area contributed by atoms with Gasteiger partial charge in [0.2, 0.25) is 0 Å². The Bertz CT molecular complexity index is 551. The van der Waals surface area contributed by atoms with Crippen molar-refractivity contribution in [2.24, 2.45) is 5.73 Å². The van der Waals surface area contributed by atoms with E-state index in [9.17, 15) is 0 Å². The van der Waals surface area contributed by atoms with Gasteiger partial charge < -0.3 is 15.2 Å². The van der Waals surface area contributed by atoms with Crippen LogP contribution >= 0.6 is 0 Å². The average Bonchev–Trinajstić information content (AvgIpc) is 2.54. The van der Waals surface area contributed by atoms with Gasteiger partial charge in [0, 0.05) is 13.7 Å². The Kier molecular flexibility index (Phi) is 5.93. The normalized spacial score (nSPS) is 12.3. The molecular formula is C18H23NO2. The zero-order valence-corrected chi connectivity index (χ0v) is 12.7. The van der Waals surface area contributed by atoms with Crippen LogP contribution in [0.4, 0.5) is 0 Å². The molecule has 3 nitrogen and oxygen atoms in total. The van der Waals surface area contributed by atoms with Crippen molar-refractivity contribution in [2.45, 2.75) is 26.2 Å². The highest BCUT2D eigenvalue weighted by Gasteiger charge is 2.05. The molecule has 0 aliphatic carbocycles. The van der Waals surface area contributed by atoms with E-state index in [-0.39, 0.29) is 6.10 Å². The van der Waals surface area contributed by atoms with Gasteiger partial charge in [-0.05, 0) is 29.2 Å². The van der Waals surface area contributed by atoms with Gasteiger partial charge in [-0.15, -0.1) is 0 Å². The topological polar surface area (TPSA) is 44.5 Å². The fraction of sp³-hybridized carbons (Fsp3) is 0.333. The molecule has 2 aromatic carbocycles. The van der Waals surface area contributed by atoms with Crippen LogP contribution in [0.15, 0.2) is 48.5 Å². The monoisotopic (exact) mass is 285 g/mol. The number of ether oxygens (including phenoxy) is 2. The fourth-order valence-electron chi connectivity index (χ4n) is 2.28. The number of hydrogen-bond donors (Lipinski definition) is 1. The molecule has 1 atom stereocenters. The lowest BCUT2D eigenvalue weighted by molar-refractivity contribution is -0.000121. The fourth-order valence-corrected chi connectivity index (χ4v) is 2.28. The summed E-state index contributed by atoms with van der Waals surface area (Å²) in [7, 11) is 1.68. The highest BCUT2D eigenvalue weighted by molar-refractivity contribution is 5.67. The molecular weight excluding hydrogens is 262 g/mol. The lowest BCUT2D eigenvalue weighted by Gasteiger charge is -2.12. The summed E-state index contributed by atoms with van der Waals surface area (Å²) < 4.78 is 10.8. The number of methoxy groups -OCH3 is 1. The van der Waals surface area contributed by atoms with Crippen molar-refractivity contribution in [1.29, 1.82) is 0 Å². The maximum Gasteiger partial charge on any atom is 0.0784 e. The SMILES string of the molecule is COCC(C)OCc1ccc(-c2ccccc2CN)cc1. The smallest absolute Gasteiger partial charge is 0.0784 e. The van der Waals surface area contributed by atoms with Crippen LogP contribution in [-0.2, 0) is 22.6 Å². The molecule has 3 heteroatoms. The molecule has 0 bridgehead atoms. The summed E-state index contributed by atoms with van der Waals surface area (Å²) in [6.07, 6.45) is 0.104. The zero-order chi connectivity index (χ0) is 15.1. The molecule has 112 valence electrons. The summed E-state index contributed by atoms with van der Waals surface area (Å²) in [5.41, 5.74) is 10.5. The van der Waals surface area contributed by atoms with Gasteiger partial charge in [0.15, 0.2) is 0 Å². The summed E-state index contributed by atoms with van der Waals surface area (Å²) in [6.45, 7) is 3.77. The van der Waals surface area contributed by atoms with Crippen LogP contribution in [0, 0.1) is 0 Å². The molecule has 1 unspecified atom stereocenters. The van der Waals surface area contributed by atoms with Crippen LogP contribution in [0.1, 0.15) is 18.1 Å². The Labute approximate surface area is 126 Å². The van der Waals surface area contributed by atoms with Crippen molar-refractivity contribution >= 4 is 0 Å². The van der Waals surface area contributed by atoms with E-state index in [0.717, 1.165) is 11.1 Å². The summed E-state index contributed by atoms with van der Waals surface area (Å²) in [4.78, 5) is 0. The van der Waals surface area contributed by atoms with Crippen LogP contribution in [0.2, 0.25) is 0 Å². The Balaban J connectivity index is 2.05. The Morgan fingerprint density at radius 1 is 1.05 bits per heavy atom. The van der Waals surface area contributed by atoms with Crippen LogP contribution in [0.3, 0.4) is 0 Å². The molecule has 21 heavy (non-hydrogen) atoms. The minimum atomic E-state index is 0.104. The Morgan fingerprint density at radius 2 is 1.76 bits per heavy atom. The van der Waals surface area contributed by atoms with E-state index in [1.165, 1.54) is 11.1 Å². The van der Waals surface area contributed by atoms with E-state index in [0.29, 0.717) is 19.8 Å². The van der Waals surface area contributed by atoms with Crippen molar-refractivity contribution in [3.63, 3.8) is 0 Å². The summed E-state index contributed by atoms with van der Waals surface area (Å²) >= 11 is 0. The van der Waals surface area contributed by atoms with Crippen molar-refractivity contribution in [3.05, 3.63) is 59.7 Å². The molecule has 0 aliphatic heterocycles. The standard InChI is InChI=1S/C18H23NO2/c1-14(12-20-2)21-13-15-7-9-16(10-8-15)18-6-4-3-5-17(18)11-19/h3-10,14H,11-13,19H2,1-2H3. The Morgan fingerprint density at radius 3 is 2.43 bits per heavy atom. The number of benzene rings is 2. The maximum atomic E-state index is 5.80. The summed E-state index contributed by atoms with van der Waals surface area (Å²) in [5.74, 6) is 0. The minimum Gasteiger partial charge on any atom is -0.382 e. The molecule has 0 saturated heterocycles. The van der Waals surface area contributed by atoms with E-state index in [1.807, 2.05) is 19.1 Å². The van der Waals surface area contributed by atoms with E-state index in [2.05, 4.69) is 36.4 Å². The van der Waals surface area contributed by atoms with Gasteiger partial charge in [-0.25, -0.2) is 0 Å². The first-order chi connectivity index (χ1) is 10.2. The second-order valence-electron chi connectivity index (χ2n) is 5.14. The van der Waals surface area contributed by atoms with Gasteiger partial charge in [0.05, 0.1) is 19.3 Å². The van der Waals surface area contributed by atoms with Crippen LogP contribution < -0.4 is 5.73 Å². The van der Waals surface area contributed by atoms with E-state index in [1.54, 1.807) is 7.11 Å². The molecule has 2 aromatic rings. The number of nitrogens with two attached hydrogens (primary N) is 1. The first kappa shape index (κ1) is 15.7. The van der Waals surface area contributed by atoms with E-state index >= 15 is 0 Å². The molecule has 0 heterocycles. The maximum absolute atomic E-state index is 5.80. The van der Waals surface area contributed by atoms with Gasteiger partial charge in [0.25, 0.3) is 0 Å². The highest BCUT2D eigenvalue weighted by atomic mass is 16.5. The van der Waals surface area contributed by atoms with Gasteiger partial charge in [-0.3, -0.25) is 0 Å². The van der Waals surface area contributed by atoms with Crippen molar-refractivity contribution in [1.82, 2.24) is 0 Å². The largest absolute Gasteiger partial charge is 0.382 e. The summed E-state index contributed by atoms with van der Waals surface area (Å²) in [5, 5.41) is 0. The minimum absolute atomic E-state index is 0.104. The second-order valence-corrected chi connectivity index (χ2v) is 5.14. The molecule has 2 N–H and O–H groups in total. The lowest BCUT2D eigenvalue weighted by Crippen LogP contribution is -2.14. The van der Waals surface area contributed by atoms with Crippen molar-refractivity contribution in [3.8, 4) is 11.1 Å². The number of hydrogen-bond acceptors (Lipinski definition) is 3. The Hall–Kier alpha value is -1.68. The predicted octanol–water partition coefficient (Wildman–Crippen LogP) is 3.36. The molecule has 2 rings (SSSR count). The lowest BCUT2D eigenvalue weighted by atomic mass is 9.99. The van der Waals surface area contributed by atoms with Gasteiger partial charge >= 0.3 is 0 Å². The van der Waals surface area contributed by atoms with E-state index < -0.39 is 0 Å². The van der Waals surface area contributed by atoms with Crippen molar-refractivity contribution < 1.29 is 9.47 Å². The van der Waals surface area contributed by atoms with Crippen LogP contribution in [0.25, 0.3) is 11.1 Å². The van der Waals surface area contributed by atoms with Gasteiger partial charge in [0.1, 0.15) is 0 Å². The predicted molar refractivity (Wildman–Crippen MR) is 85.9 cm³/mol. The van der Waals surface area contributed by atoms with Crippen molar-refractivity contribution in [2.75, 3.05) is 13.7 Å². The van der Waals surface area contributed by atoms with Gasteiger partial charge in [-0.1, -0.05) is 48.5 Å². The quantitative estimate of drug-likeness (QED) is 0.848. The molecule has 0 aromatic heterocycles. The molecule has 0 spiro atoms. The zero-order valence-electron chi connectivity index (χ0n) is 12.7. The molecule has 0 fully saturated rings. The molecule has 0 radical (unpaired) electrons. The average molecular weight is 285 g/mol. The molecule has 0 amide bonds. The first-order valence-corrected chi connectivity index (χ1v) is 7.22.